The molecule has 2 aromatic heterocycles. The van der Waals surface area contributed by atoms with Crippen molar-refractivity contribution in [1.29, 1.82) is 5.26 Å². The fourth-order valence-electron chi connectivity index (χ4n) is 4.39. The zero-order valence-corrected chi connectivity index (χ0v) is 18.4. The molecule has 0 radical (unpaired) electrons. The smallest absolute Gasteiger partial charge is 0.277 e. The number of hydrogen-bond acceptors (Lipinski definition) is 9. The summed E-state index contributed by atoms with van der Waals surface area (Å²) in [6.45, 7) is 6.50. The van der Waals surface area contributed by atoms with Gasteiger partial charge in [-0.1, -0.05) is 12.1 Å². The van der Waals surface area contributed by atoms with E-state index in [-0.39, 0.29) is 11.5 Å². The normalized spacial score (nSPS) is 17.7. The van der Waals surface area contributed by atoms with Gasteiger partial charge in [-0.2, -0.15) is 15.3 Å². The van der Waals surface area contributed by atoms with E-state index < -0.39 is 0 Å². The number of nitriles is 1. The van der Waals surface area contributed by atoms with Crippen LogP contribution in [0.3, 0.4) is 0 Å². The van der Waals surface area contributed by atoms with Gasteiger partial charge in [0.15, 0.2) is 0 Å². The number of nitrogens with zero attached hydrogens (tertiary/aromatic N) is 6. The summed E-state index contributed by atoms with van der Waals surface area (Å²) in [5.74, 6) is 1.07. The average molecular weight is 446 g/mol. The van der Waals surface area contributed by atoms with Gasteiger partial charge in [-0.15, -0.1) is 0 Å². The third-order valence-electron chi connectivity index (χ3n) is 6.30. The van der Waals surface area contributed by atoms with Crippen molar-refractivity contribution in [3.05, 3.63) is 46.4 Å². The fraction of sp³-hybridized carbons (Fsp3) is 0.435. The quantitative estimate of drug-likeness (QED) is 0.537. The largest absolute Gasteiger partial charge is 0.341 e. The first-order chi connectivity index (χ1) is 16.2. The highest BCUT2D eigenvalue weighted by molar-refractivity contribution is 5.90. The minimum atomic E-state index is -0.333. The molecule has 33 heavy (non-hydrogen) atoms. The Balaban J connectivity index is 1.39. The lowest BCUT2D eigenvalue weighted by Crippen LogP contribution is -2.42. The molecule has 0 atom stereocenters. The second-order valence-electron chi connectivity index (χ2n) is 8.57. The van der Waals surface area contributed by atoms with Crippen LogP contribution in [0.1, 0.15) is 18.4 Å². The van der Waals surface area contributed by atoms with Crippen LogP contribution in [0.2, 0.25) is 0 Å². The van der Waals surface area contributed by atoms with E-state index in [1.165, 1.54) is 5.56 Å². The third-order valence-corrected chi connectivity index (χ3v) is 6.30. The van der Waals surface area contributed by atoms with Crippen LogP contribution in [0.5, 0.6) is 0 Å². The molecule has 2 fully saturated rings. The molecule has 0 amide bonds. The molecule has 2 aliphatic rings. The number of aromatic nitrogens is 4. The highest BCUT2D eigenvalue weighted by Gasteiger charge is 2.22. The highest BCUT2D eigenvalue weighted by Crippen LogP contribution is 2.26. The first kappa shape index (κ1) is 21.3. The van der Waals surface area contributed by atoms with Crippen LogP contribution in [0.15, 0.2) is 35.3 Å². The average Bonchev–Trinajstić information content (AvgIpc) is 2.86. The summed E-state index contributed by atoms with van der Waals surface area (Å²) in [7, 11) is 0. The van der Waals surface area contributed by atoms with Crippen LogP contribution < -0.4 is 21.1 Å². The van der Waals surface area contributed by atoms with Gasteiger partial charge in [0.1, 0.15) is 16.7 Å². The first-order valence-electron chi connectivity index (χ1n) is 11.4. The van der Waals surface area contributed by atoms with E-state index in [1.54, 1.807) is 6.20 Å². The zero-order valence-electron chi connectivity index (χ0n) is 18.4. The second kappa shape index (κ2) is 9.52. The summed E-state index contributed by atoms with van der Waals surface area (Å²) < 4.78 is 0. The minimum absolute atomic E-state index is 0.0727. The molecule has 10 nitrogen and oxygen atoms in total. The van der Waals surface area contributed by atoms with E-state index in [0.717, 1.165) is 51.3 Å². The molecule has 3 aromatic rings. The topological polar surface area (TPSA) is 126 Å². The lowest BCUT2D eigenvalue weighted by atomic mass is 9.99. The number of H-pyrrole nitrogens is 1. The van der Waals surface area contributed by atoms with Crippen molar-refractivity contribution in [2.75, 3.05) is 49.5 Å². The Hall–Kier alpha value is -3.55. The molecular formula is C23H27N9O. The summed E-state index contributed by atoms with van der Waals surface area (Å²) in [5, 5.41) is 22.6. The number of hydrogen-bond donors (Lipinski definition) is 3. The number of nitrogens with one attached hydrogen (secondary N) is 3. The molecular weight excluding hydrogens is 418 g/mol. The number of rotatable bonds is 5. The fourth-order valence-corrected chi connectivity index (χ4v) is 4.39. The Bertz CT molecular complexity index is 1200. The summed E-state index contributed by atoms with van der Waals surface area (Å²) in [5.41, 5.74) is 2.26. The molecule has 0 spiro atoms. The van der Waals surface area contributed by atoms with Crippen LogP contribution in [0.4, 0.5) is 17.5 Å². The Kier molecular flexibility index (Phi) is 6.15. The number of piperazine rings is 1. The van der Waals surface area contributed by atoms with Gasteiger partial charge in [-0.05, 0) is 30.5 Å². The molecule has 2 saturated heterocycles. The van der Waals surface area contributed by atoms with Crippen LogP contribution in [0, 0.1) is 17.2 Å². The molecule has 170 valence electrons. The molecule has 10 heteroatoms. The van der Waals surface area contributed by atoms with Crippen molar-refractivity contribution in [3.8, 4) is 6.07 Å². The van der Waals surface area contributed by atoms with Crippen LogP contribution in [-0.2, 0) is 6.54 Å². The van der Waals surface area contributed by atoms with Gasteiger partial charge in [0.05, 0.1) is 12.3 Å². The van der Waals surface area contributed by atoms with Gasteiger partial charge in [0, 0.05) is 57.4 Å². The third kappa shape index (κ3) is 4.79. The Morgan fingerprint density at radius 2 is 1.85 bits per heavy atom. The molecule has 0 bridgehead atoms. The molecule has 4 heterocycles. The summed E-state index contributed by atoms with van der Waals surface area (Å²) in [6.07, 6.45) is 3.11. The van der Waals surface area contributed by atoms with Gasteiger partial charge in [-0.25, -0.2) is 10.1 Å². The van der Waals surface area contributed by atoms with Crippen LogP contribution in [0.25, 0.3) is 10.9 Å². The van der Waals surface area contributed by atoms with E-state index in [9.17, 15) is 10.1 Å². The predicted octanol–water partition coefficient (Wildman–Crippen LogP) is 1.60. The number of piperidine rings is 1. The Labute approximate surface area is 191 Å². The van der Waals surface area contributed by atoms with Gasteiger partial charge >= 0.3 is 0 Å². The van der Waals surface area contributed by atoms with Crippen molar-refractivity contribution in [2.45, 2.75) is 19.4 Å². The van der Waals surface area contributed by atoms with Crippen molar-refractivity contribution >= 4 is 28.4 Å². The van der Waals surface area contributed by atoms with Gasteiger partial charge < -0.3 is 15.5 Å². The molecule has 0 saturated carbocycles. The van der Waals surface area contributed by atoms with E-state index in [2.05, 4.69) is 53.8 Å². The summed E-state index contributed by atoms with van der Waals surface area (Å²) in [4.78, 5) is 26.3. The number of fused-ring (bicyclic) bond motifs is 1. The van der Waals surface area contributed by atoms with Crippen LogP contribution >= 0.6 is 0 Å². The van der Waals surface area contributed by atoms with Crippen molar-refractivity contribution in [1.82, 2.24) is 30.4 Å². The predicted molar refractivity (Wildman–Crippen MR) is 126 cm³/mol. The maximum atomic E-state index is 12.5. The Morgan fingerprint density at radius 3 is 2.58 bits per heavy atom. The summed E-state index contributed by atoms with van der Waals surface area (Å²) in [6, 6.07) is 10.6. The monoisotopic (exact) mass is 445 g/mol. The molecule has 1 aromatic carbocycles. The lowest BCUT2D eigenvalue weighted by Gasteiger charge is -2.29. The summed E-state index contributed by atoms with van der Waals surface area (Å²) >= 11 is 0. The standard InChI is InChI=1S/C23H27N9O/c24-13-16-5-9-32(10-6-16)23-28-19-14-26-30-22(33)20(19)21(29-23)27-18-3-1-17(2-4-18)15-31-11-7-25-8-12-31/h1-4,14,16,25H,5-12,15H2,(H,30,33)(H,27,28,29). The molecule has 2 aliphatic heterocycles. The first-order valence-corrected chi connectivity index (χ1v) is 11.4. The van der Waals surface area contributed by atoms with E-state index in [1.807, 2.05) is 12.1 Å². The number of aromatic amines is 1. The van der Waals surface area contributed by atoms with E-state index >= 15 is 0 Å². The Morgan fingerprint density at radius 1 is 1.09 bits per heavy atom. The van der Waals surface area contributed by atoms with Gasteiger partial charge in [-0.3, -0.25) is 9.69 Å². The number of benzene rings is 1. The lowest BCUT2D eigenvalue weighted by molar-refractivity contribution is 0.233. The second-order valence-corrected chi connectivity index (χ2v) is 8.57. The number of anilines is 3. The zero-order chi connectivity index (χ0) is 22.6. The van der Waals surface area contributed by atoms with Gasteiger partial charge in [0.25, 0.3) is 5.56 Å². The van der Waals surface area contributed by atoms with Crippen LogP contribution in [-0.4, -0.2) is 64.3 Å². The molecule has 0 aliphatic carbocycles. The maximum absolute atomic E-state index is 12.5. The van der Waals surface area contributed by atoms with E-state index in [0.29, 0.717) is 35.8 Å². The van der Waals surface area contributed by atoms with Crippen molar-refractivity contribution in [2.24, 2.45) is 5.92 Å². The molecule has 3 N–H and O–H groups in total. The maximum Gasteiger partial charge on any atom is 0.277 e. The van der Waals surface area contributed by atoms with Gasteiger partial charge in [0.2, 0.25) is 5.95 Å². The highest BCUT2D eigenvalue weighted by atomic mass is 16.1. The van der Waals surface area contributed by atoms with Crippen molar-refractivity contribution in [3.63, 3.8) is 0 Å². The van der Waals surface area contributed by atoms with E-state index in [4.69, 9.17) is 4.98 Å². The molecule has 5 rings (SSSR count). The SMILES string of the molecule is N#CC1CCN(c2nc(Nc3ccc(CN4CCNCC4)cc3)c3c(=O)[nH]ncc3n2)CC1. The molecule has 0 unspecified atom stereocenters. The van der Waals surface area contributed by atoms with Crippen molar-refractivity contribution < 1.29 is 0 Å². The minimum Gasteiger partial charge on any atom is -0.341 e.